The fourth-order valence-electron chi connectivity index (χ4n) is 2.23. The Morgan fingerprint density at radius 3 is 2.29 bits per heavy atom. The summed E-state index contributed by atoms with van der Waals surface area (Å²) >= 11 is 0. The molecular weight excluding hydrogens is 387 g/mol. The van der Waals surface area contributed by atoms with Gasteiger partial charge in [0.05, 0.1) is 11.4 Å². The zero-order chi connectivity index (χ0) is 19.4. The third-order valence-electron chi connectivity index (χ3n) is 3.61. The first kappa shape index (κ1) is 20.8. The van der Waals surface area contributed by atoms with Crippen molar-refractivity contribution in [2.75, 3.05) is 18.5 Å². The molecule has 2 aromatic carbocycles. The van der Waals surface area contributed by atoms with Gasteiger partial charge in [0.25, 0.3) is 5.91 Å². The molecule has 1 aromatic heterocycles. The van der Waals surface area contributed by atoms with Gasteiger partial charge in [0.2, 0.25) is 0 Å². The molecule has 1 amide bonds. The van der Waals surface area contributed by atoms with Crippen molar-refractivity contribution in [2.45, 2.75) is 0 Å². The average Bonchev–Trinajstić information content (AvgIpc) is 2.67. The van der Waals surface area contributed by atoms with E-state index >= 15 is 0 Å². The van der Waals surface area contributed by atoms with Crippen molar-refractivity contribution in [3.05, 3.63) is 66.2 Å². The van der Waals surface area contributed by atoms with E-state index in [-0.39, 0.29) is 41.2 Å². The van der Waals surface area contributed by atoms with E-state index in [0.29, 0.717) is 17.2 Å². The number of nitrogens with zero attached hydrogens (tertiary/aromatic N) is 1. The van der Waals surface area contributed by atoms with Crippen LogP contribution in [0.1, 0.15) is 10.5 Å². The van der Waals surface area contributed by atoms with Gasteiger partial charge in [-0.2, -0.15) is 0 Å². The lowest BCUT2D eigenvalue weighted by Crippen LogP contribution is -2.18. The van der Waals surface area contributed by atoms with Gasteiger partial charge in [-0.1, -0.05) is 0 Å². The highest BCUT2D eigenvalue weighted by molar-refractivity contribution is 5.92. The van der Waals surface area contributed by atoms with Gasteiger partial charge in [0.15, 0.2) is 5.75 Å². The minimum Gasteiger partial charge on any atom is -0.457 e. The Morgan fingerprint density at radius 2 is 1.61 bits per heavy atom. The first-order valence-electron chi connectivity index (χ1n) is 7.94. The highest BCUT2D eigenvalue weighted by Gasteiger charge is 2.10. The molecule has 7 nitrogen and oxygen atoms in total. The maximum atomic E-state index is 13.6. The molecule has 146 valence electrons. The summed E-state index contributed by atoms with van der Waals surface area (Å²) < 4.78 is 24.9. The fraction of sp³-hybridized carbons (Fsp3) is 0.0526. The first-order chi connectivity index (χ1) is 13.0. The molecule has 0 atom stereocenters. The predicted octanol–water partition coefficient (Wildman–Crippen LogP) is 3.75. The van der Waals surface area contributed by atoms with Crippen molar-refractivity contribution in [2.24, 2.45) is 0 Å². The SMILES string of the molecule is CNC(=O)c1cc(Oc2ccc(N)c(Oc3ccc(N)c(F)c3)c2)ccn1.Cl. The number of rotatable bonds is 5. The van der Waals surface area contributed by atoms with E-state index in [1.807, 2.05) is 0 Å². The Hall–Kier alpha value is -3.52. The summed E-state index contributed by atoms with van der Waals surface area (Å²) in [4.78, 5) is 15.6. The van der Waals surface area contributed by atoms with Crippen molar-refractivity contribution in [1.29, 1.82) is 0 Å². The summed E-state index contributed by atoms with van der Waals surface area (Å²) in [6.07, 6.45) is 1.46. The maximum absolute atomic E-state index is 13.6. The zero-order valence-corrected chi connectivity index (χ0v) is 15.6. The average molecular weight is 405 g/mol. The molecule has 0 saturated heterocycles. The molecule has 0 spiro atoms. The van der Waals surface area contributed by atoms with Crippen LogP contribution in [0.25, 0.3) is 0 Å². The number of carbonyl (C=O) groups is 1. The molecule has 9 heteroatoms. The number of pyridine rings is 1. The van der Waals surface area contributed by atoms with Crippen molar-refractivity contribution < 1.29 is 18.7 Å². The van der Waals surface area contributed by atoms with E-state index in [0.717, 1.165) is 0 Å². The Morgan fingerprint density at radius 1 is 0.964 bits per heavy atom. The van der Waals surface area contributed by atoms with Crippen LogP contribution in [0.2, 0.25) is 0 Å². The molecule has 28 heavy (non-hydrogen) atoms. The zero-order valence-electron chi connectivity index (χ0n) is 14.8. The lowest BCUT2D eigenvalue weighted by atomic mass is 10.2. The summed E-state index contributed by atoms with van der Waals surface area (Å²) in [6.45, 7) is 0. The van der Waals surface area contributed by atoms with Crippen LogP contribution in [0, 0.1) is 5.82 Å². The van der Waals surface area contributed by atoms with Gasteiger partial charge in [-0.25, -0.2) is 4.39 Å². The maximum Gasteiger partial charge on any atom is 0.269 e. The number of nitrogens with two attached hydrogens (primary N) is 2. The highest BCUT2D eigenvalue weighted by atomic mass is 35.5. The third-order valence-corrected chi connectivity index (χ3v) is 3.61. The van der Waals surface area contributed by atoms with E-state index in [9.17, 15) is 9.18 Å². The molecule has 0 aliphatic carbocycles. The highest BCUT2D eigenvalue weighted by Crippen LogP contribution is 2.34. The number of hydrogen-bond donors (Lipinski definition) is 3. The summed E-state index contributed by atoms with van der Waals surface area (Å²) in [5.41, 5.74) is 12.0. The second kappa shape index (κ2) is 8.92. The molecule has 5 N–H and O–H groups in total. The van der Waals surface area contributed by atoms with E-state index in [1.165, 1.54) is 37.5 Å². The quantitative estimate of drug-likeness (QED) is 0.558. The van der Waals surface area contributed by atoms with Crippen LogP contribution < -0.4 is 26.3 Å². The van der Waals surface area contributed by atoms with Crippen LogP contribution in [-0.4, -0.2) is 17.9 Å². The molecule has 0 unspecified atom stereocenters. The van der Waals surface area contributed by atoms with Gasteiger partial charge < -0.3 is 26.3 Å². The number of anilines is 2. The van der Waals surface area contributed by atoms with Crippen LogP contribution in [0.4, 0.5) is 15.8 Å². The summed E-state index contributed by atoms with van der Waals surface area (Å²) in [5.74, 6) is 0.458. The van der Waals surface area contributed by atoms with Gasteiger partial charge in [0, 0.05) is 31.4 Å². The molecule has 0 saturated carbocycles. The topological polar surface area (TPSA) is 112 Å². The Bertz CT molecular complexity index is 1000. The molecule has 3 aromatic rings. The van der Waals surface area contributed by atoms with E-state index in [4.69, 9.17) is 20.9 Å². The minimum absolute atomic E-state index is 0. The van der Waals surface area contributed by atoms with Gasteiger partial charge in [-0.05, 0) is 30.3 Å². The Labute approximate surface area is 166 Å². The lowest BCUT2D eigenvalue weighted by molar-refractivity contribution is 0.0958. The first-order valence-corrected chi connectivity index (χ1v) is 7.94. The number of aromatic nitrogens is 1. The van der Waals surface area contributed by atoms with Crippen molar-refractivity contribution in [3.8, 4) is 23.0 Å². The van der Waals surface area contributed by atoms with Crippen LogP contribution in [0.5, 0.6) is 23.0 Å². The smallest absolute Gasteiger partial charge is 0.269 e. The molecule has 0 aliphatic heterocycles. The number of nitrogen functional groups attached to an aromatic ring is 2. The Balaban J connectivity index is 0.00000280. The third kappa shape index (κ3) is 4.80. The summed E-state index contributed by atoms with van der Waals surface area (Å²) in [7, 11) is 1.52. The van der Waals surface area contributed by atoms with Gasteiger partial charge >= 0.3 is 0 Å². The van der Waals surface area contributed by atoms with E-state index < -0.39 is 5.82 Å². The summed E-state index contributed by atoms with van der Waals surface area (Å²) in [5, 5.41) is 2.49. The normalized spacial score (nSPS) is 9.93. The van der Waals surface area contributed by atoms with Crippen LogP contribution in [-0.2, 0) is 0 Å². The van der Waals surface area contributed by atoms with E-state index in [1.54, 1.807) is 24.3 Å². The Kier molecular flexibility index (Phi) is 6.62. The van der Waals surface area contributed by atoms with Crippen molar-refractivity contribution in [3.63, 3.8) is 0 Å². The monoisotopic (exact) mass is 404 g/mol. The summed E-state index contributed by atoms with van der Waals surface area (Å²) in [6, 6.07) is 12.0. The number of carbonyl (C=O) groups excluding carboxylic acids is 1. The molecule has 1 heterocycles. The van der Waals surface area contributed by atoms with Crippen LogP contribution in [0.3, 0.4) is 0 Å². The minimum atomic E-state index is -0.586. The van der Waals surface area contributed by atoms with E-state index in [2.05, 4.69) is 10.3 Å². The molecular formula is C19H18ClFN4O3. The number of amides is 1. The van der Waals surface area contributed by atoms with Gasteiger partial charge in [-0.3, -0.25) is 9.78 Å². The largest absolute Gasteiger partial charge is 0.457 e. The van der Waals surface area contributed by atoms with Gasteiger partial charge in [-0.15, -0.1) is 12.4 Å². The van der Waals surface area contributed by atoms with Crippen molar-refractivity contribution in [1.82, 2.24) is 10.3 Å². The molecule has 0 aliphatic rings. The number of nitrogens with one attached hydrogen (secondary N) is 1. The second-order valence-corrected chi connectivity index (χ2v) is 5.54. The number of benzene rings is 2. The standard InChI is InChI=1S/C19H17FN4O3.ClH/c1-23-19(25)17-9-13(6-7-24-17)26-12-3-5-16(22)18(10-12)27-11-2-4-15(21)14(20)8-11;/h2-10H,21-22H2,1H3,(H,23,25);1H. The lowest BCUT2D eigenvalue weighted by Gasteiger charge is -2.12. The van der Waals surface area contributed by atoms with Crippen LogP contribution >= 0.6 is 12.4 Å². The molecule has 0 fully saturated rings. The predicted molar refractivity (Wildman–Crippen MR) is 107 cm³/mol. The number of hydrogen-bond acceptors (Lipinski definition) is 6. The molecule has 0 radical (unpaired) electrons. The molecule has 0 bridgehead atoms. The fourth-order valence-corrected chi connectivity index (χ4v) is 2.23. The van der Waals surface area contributed by atoms with Gasteiger partial charge in [0.1, 0.15) is 28.8 Å². The number of ether oxygens (including phenoxy) is 2. The van der Waals surface area contributed by atoms with Crippen LogP contribution in [0.15, 0.2) is 54.7 Å². The number of halogens is 2. The second-order valence-electron chi connectivity index (χ2n) is 5.54. The molecule has 3 rings (SSSR count). The van der Waals surface area contributed by atoms with Crippen molar-refractivity contribution >= 4 is 29.7 Å².